The van der Waals surface area contributed by atoms with Crippen molar-refractivity contribution < 1.29 is 5.11 Å². The number of phenolic OH excluding ortho intramolecular Hbond substituents is 1. The van der Waals surface area contributed by atoms with E-state index in [1.807, 2.05) is 0 Å². The van der Waals surface area contributed by atoms with Gasteiger partial charge in [0, 0.05) is 0 Å². The Morgan fingerprint density at radius 2 is 1.67 bits per heavy atom. The topological polar surface area (TPSA) is 20.2 Å². The molecule has 0 aliphatic heterocycles. The van der Waals surface area contributed by atoms with Crippen LogP contribution in [0.2, 0.25) is 0 Å². The van der Waals surface area contributed by atoms with Crippen molar-refractivity contribution in [2.45, 2.75) is 0 Å². The maximum absolute atomic E-state index is 9.09. The molecule has 1 N–H and O–H groups in total. The van der Waals surface area contributed by atoms with Crippen LogP contribution in [0.5, 0.6) is 5.75 Å². The summed E-state index contributed by atoms with van der Waals surface area (Å²) >= 11 is 6.27. The highest BCUT2D eigenvalue weighted by Gasteiger charge is 1.98. The molecule has 0 amide bonds. The summed E-state index contributed by atoms with van der Waals surface area (Å²) < 4.78 is 1.30. The minimum atomic E-state index is 0.216. The molecule has 0 heterocycles. The van der Waals surface area contributed by atoms with Crippen LogP contribution >= 0.6 is 31.9 Å². The first-order chi connectivity index (χ1) is 4.22. The zero-order valence-corrected chi connectivity index (χ0v) is 7.53. The summed E-state index contributed by atoms with van der Waals surface area (Å²) in [6.45, 7) is 0. The number of benzene rings is 1. The fourth-order valence-electron chi connectivity index (χ4n) is 0.439. The average molecular weight is 251 g/mol. The summed E-state index contributed by atoms with van der Waals surface area (Å²) in [6, 6.07) is 6.12. The molecule has 0 bridgehead atoms. The van der Waals surface area contributed by atoms with Crippen molar-refractivity contribution in [2.75, 3.05) is 0 Å². The monoisotopic (exact) mass is 249 g/mol. The van der Waals surface area contributed by atoms with E-state index < -0.39 is 0 Å². The molecule has 0 fully saturated rings. The van der Waals surface area contributed by atoms with E-state index in [-0.39, 0.29) is 5.75 Å². The third-order valence-electron chi connectivity index (χ3n) is 0.873. The molecule has 0 spiro atoms. The molecular formula is C6H3Br2O. The van der Waals surface area contributed by atoms with Crippen LogP contribution in [-0.4, -0.2) is 5.11 Å². The van der Waals surface area contributed by atoms with Gasteiger partial charge in [-0.1, -0.05) is 0 Å². The second-order valence-corrected chi connectivity index (χ2v) is 3.21. The van der Waals surface area contributed by atoms with Crippen LogP contribution in [0, 0.1) is 6.07 Å². The van der Waals surface area contributed by atoms with Gasteiger partial charge in [-0.2, -0.15) is 0 Å². The fraction of sp³-hybridized carbons (Fsp3) is 0. The first kappa shape index (κ1) is 7.09. The maximum Gasteiger partial charge on any atom is 0.143 e. The minimum Gasteiger partial charge on any atom is -0.506 e. The SMILES string of the molecule is Oc1c(Br)c[c]cc1Br. The van der Waals surface area contributed by atoms with Crippen LogP contribution in [-0.2, 0) is 0 Å². The van der Waals surface area contributed by atoms with Crippen molar-refractivity contribution in [1.29, 1.82) is 0 Å². The van der Waals surface area contributed by atoms with E-state index in [1.54, 1.807) is 12.1 Å². The highest BCUT2D eigenvalue weighted by Crippen LogP contribution is 2.30. The number of aromatic hydroxyl groups is 1. The second kappa shape index (κ2) is 2.71. The standard InChI is InChI=1S/C6H3Br2O/c7-4-2-1-3-5(8)6(4)9/h2-3,9H. The third kappa shape index (κ3) is 1.46. The van der Waals surface area contributed by atoms with Gasteiger partial charge in [-0.05, 0) is 50.1 Å². The Labute approximate surface area is 70.0 Å². The molecule has 0 atom stereocenters. The van der Waals surface area contributed by atoms with Gasteiger partial charge in [0.25, 0.3) is 0 Å². The van der Waals surface area contributed by atoms with Gasteiger partial charge in [0.05, 0.1) is 8.95 Å². The predicted octanol–water partition coefficient (Wildman–Crippen LogP) is 2.72. The lowest BCUT2D eigenvalue weighted by atomic mass is 10.3. The summed E-state index contributed by atoms with van der Waals surface area (Å²) in [5.41, 5.74) is 0. The molecule has 1 rings (SSSR count). The van der Waals surface area contributed by atoms with E-state index in [0.29, 0.717) is 8.95 Å². The summed E-state index contributed by atoms with van der Waals surface area (Å²) in [5.74, 6) is 0.216. The lowest BCUT2D eigenvalue weighted by Gasteiger charge is -1.95. The highest BCUT2D eigenvalue weighted by molar-refractivity contribution is 9.11. The van der Waals surface area contributed by atoms with E-state index in [0.717, 1.165) is 0 Å². The van der Waals surface area contributed by atoms with Crippen LogP contribution in [0.1, 0.15) is 0 Å². The molecule has 0 aromatic heterocycles. The van der Waals surface area contributed by atoms with Crippen LogP contribution in [0.25, 0.3) is 0 Å². The van der Waals surface area contributed by atoms with E-state index >= 15 is 0 Å². The molecule has 0 saturated heterocycles. The first-order valence-corrected chi connectivity index (χ1v) is 3.84. The van der Waals surface area contributed by atoms with Crippen LogP contribution < -0.4 is 0 Å². The van der Waals surface area contributed by atoms with Crippen LogP contribution in [0.3, 0.4) is 0 Å². The number of halogens is 2. The van der Waals surface area contributed by atoms with Gasteiger partial charge in [0.2, 0.25) is 0 Å². The van der Waals surface area contributed by atoms with E-state index in [1.165, 1.54) is 0 Å². The van der Waals surface area contributed by atoms with Gasteiger partial charge < -0.3 is 5.11 Å². The Kier molecular flexibility index (Phi) is 2.13. The van der Waals surface area contributed by atoms with Crippen molar-refractivity contribution in [1.82, 2.24) is 0 Å². The van der Waals surface area contributed by atoms with Crippen molar-refractivity contribution in [2.24, 2.45) is 0 Å². The van der Waals surface area contributed by atoms with Crippen LogP contribution in [0.15, 0.2) is 21.1 Å². The largest absolute Gasteiger partial charge is 0.506 e. The number of hydrogen-bond acceptors (Lipinski definition) is 1. The quantitative estimate of drug-likeness (QED) is 0.751. The Bertz CT molecular complexity index is 202. The predicted molar refractivity (Wildman–Crippen MR) is 42.3 cm³/mol. The molecule has 9 heavy (non-hydrogen) atoms. The summed E-state index contributed by atoms with van der Waals surface area (Å²) in [7, 11) is 0. The Morgan fingerprint density at radius 3 is 2.00 bits per heavy atom. The number of rotatable bonds is 0. The molecule has 0 saturated carbocycles. The fourth-order valence-corrected chi connectivity index (χ4v) is 1.40. The molecule has 3 heteroatoms. The van der Waals surface area contributed by atoms with Crippen molar-refractivity contribution >= 4 is 31.9 Å². The average Bonchev–Trinajstić information content (AvgIpc) is 1.83. The van der Waals surface area contributed by atoms with Gasteiger partial charge in [-0.3, -0.25) is 0 Å². The maximum atomic E-state index is 9.09. The number of hydrogen-bond donors (Lipinski definition) is 1. The van der Waals surface area contributed by atoms with Crippen LogP contribution in [0.4, 0.5) is 0 Å². The summed E-state index contributed by atoms with van der Waals surface area (Å²) in [4.78, 5) is 0. The van der Waals surface area contributed by atoms with Gasteiger partial charge in [-0.15, -0.1) is 0 Å². The zero-order chi connectivity index (χ0) is 6.85. The zero-order valence-electron chi connectivity index (χ0n) is 4.36. The Balaban J connectivity index is 3.25. The van der Waals surface area contributed by atoms with Crippen molar-refractivity contribution in [3.8, 4) is 5.75 Å². The summed E-state index contributed by atoms with van der Waals surface area (Å²) in [5, 5.41) is 9.09. The van der Waals surface area contributed by atoms with Crippen molar-refractivity contribution in [3.05, 3.63) is 27.1 Å². The number of phenols is 1. The molecule has 0 aliphatic carbocycles. The molecule has 0 unspecified atom stereocenters. The molecule has 1 nitrogen and oxygen atoms in total. The van der Waals surface area contributed by atoms with E-state index in [2.05, 4.69) is 37.9 Å². The van der Waals surface area contributed by atoms with Gasteiger partial charge in [0.1, 0.15) is 5.75 Å². The van der Waals surface area contributed by atoms with Gasteiger partial charge in [0.15, 0.2) is 0 Å². The van der Waals surface area contributed by atoms with Gasteiger partial charge >= 0.3 is 0 Å². The van der Waals surface area contributed by atoms with Crippen molar-refractivity contribution in [3.63, 3.8) is 0 Å². The molecule has 0 aliphatic rings. The molecule has 1 aromatic rings. The normalized spacial score (nSPS) is 9.56. The Morgan fingerprint density at radius 1 is 1.22 bits per heavy atom. The molecule has 1 radical (unpaired) electrons. The summed E-state index contributed by atoms with van der Waals surface area (Å²) in [6.07, 6.45) is 0. The van der Waals surface area contributed by atoms with E-state index in [4.69, 9.17) is 5.11 Å². The third-order valence-corrected chi connectivity index (χ3v) is 2.08. The molecule has 47 valence electrons. The lowest BCUT2D eigenvalue weighted by Crippen LogP contribution is -1.69. The van der Waals surface area contributed by atoms with Gasteiger partial charge in [-0.25, -0.2) is 0 Å². The lowest BCUT2D eigenvalue weighted by molar-refractivity contribution is 0.468. The molecular weight excluding hydrogens is 248 g/mol. The highest BCUT2D eigenvalue weighted by atomic mass is 79.9. The van der Waals surface area contributed by atoms with E-state index in [9.17, 15) is 0 Å². The molecule has 1 aromatic carbocycles. The smallest absolute Gasteiger partial charge is 0.143 e. The second-order valence-electron chi connectivity index (χ2n) is 1.50. The Hall–Kier alpha value is -0.0200. The first-order valence-electron chi connectivity index (χ1n) is 2.26. The minimum absolute atomic E-state index is 0.216.